The monoisotopic (exact) mass is 474 g/mol. The van der Waals surface area contributed by atoms with Gasteiger partial charge in [0, 0.05) is 8.04 Å². The summed E-state index contributed by atoms with van der Waals surface area (Å²) in [5.74, 6) is -0.788. The molecule has 0 aromatic heterocycles. The van der Waals surface area contributed by atoms with E-state index in [-0.39, 0.29) is 23.9 Å². The van der Waals surface area contributed by atoms with Gasteiger partial charge in [-0.25, -0.2) is 0 Å². The van der Waals surface area contributed by atoms with E-state index in [0.29, 0.717) is 10.0 Å². The summed E-state index contributed by atoms with van der Waals surface area (Å²) in [5, 5.41) is 14.8. The Morgan fingerprint density at radius 2 is 1.91 bits per heavy atom. The highest BCUT2D eigenvalue weighted by molar-refractivity contribution is 14.1. The van der Waals surface area contributed by atoms with Crippen molar-refractivity contribution in [2.24, 2.45) is 0 Å². The zero-order valence-electron chi connectivity index (χ0n) is 11.3. The molecule has 0 radical (unpaired) electrons. The number of hydrogen-bond acceptors (Lipinski definition) is 3. The highest BCUT2D eigenvalue weighted by Crippen LogP contribution is 2.26. The maximum Gasteiger partial charge on any atom is 0.252 e. The molecule has 2 rings (SSSR count). The number of rotatable bonds is 4. The molecule has 0 unspecified atom stereocenters. The smallest absolute Gasteiger partial charge is 0.252 e. The van der Waals surface area contributed by atoms with Crippen molar-refractivity contribution in [3.63, 3.8) is 0 Å². The molecule has 22 heavy (non-hydrogen) atoms. The minimum atomic E-state index is -0.420. The third kappa shape index (κ3) is 4.44. The Kier molecular flexibility index (Phi) is 5.78. The number of hydrogen-bond donors (Lipinski definition) is 3. The maximum atomic E-state index is 12.0. The first-order chi connectivity index (χ1) is 10.5. The minimum Gasteiger partial charge on any atom is -0.506 e. The summed E-state index contributed by atoms with van der Waals surface area (Å²) < 4.78 is 1.51. The number of aromatic hydroxyl groups is 1. The Balaban J connectivity index is 1.93. The Bertz CT molecular complexity index is 722. The van der Waals surface area contributed by atoms with E-state index in [2.05, 4.69) is 49.2 Å². The SMILES string of the molecule is O=C(CNC(=O)c1ccccc1I)Nc1ccc(Br)cc1O. The molecule has 0 saturated heterocycles. The molecule has 0 fully saturated rings. The molecule has 2 amide bonds. The van der Waals surface area contributed by atoms with E-state index in [0.717, 1.165) is 3.57 Å². The van der Waals surface area contributed by atoms with Gasteiger partial charge in [-0.3, -0.25) is 9.59 Å². The molecule has 0 spiro atoms. The average molecular weight is 475 g/mol. The lowest BCUT2D eigenvalue weighted by atomic mass is 10.2. The van der Waals surface area contributed by atoms with Crippen molar-refractivity contribution in [1.82, 2.24) is 5.32 Å². The molecular weight excluding hydrogens is 463 g/mol. The molecule has 7 heteroatoms. The molecule has 0 atom stereocenters. The molecule has 0 heterocycles. The highest BCUT2D eigenvalue weighted by Gasteiger charge is 2.11. The van der Waals surface area contributed by atoms with Gasteiger partial charge in [-0.2, -0.15) is 0 Å². The number of halogens is 2. The lowest BCUT2D eigenvalue weighted by Gasteiger charge is -2.09. The fraction of sp³-hybridized carbons (Fsp3) is 0.0667. The first-order valence-electron chi connectivity index (χ1n) is 6.28. The van der Waals surface area contributed by atoms with Crippen LogP contribution in [-0.2, 0) is 4.79 Å². The molecule has 3 N–H and O–H groups in total. The van der Waals surface area contributed by atoms with Crippen LogP contribution in [0.3, 0.4) is 0 Å². The third-order valence-electron chi connectivity index (χ3n) is 2.76. The van der Waals surface area contributed by atoms with Crippen LogP contribution in [0.2, 0.25) is 0 Å². The largest absolute Gasteiger partial charge is 0.506 e. The van der Waals surface area contributed by atoms with Gasteiger partial charge in [0.05, 0.1) is 17.8 Å². The number of phenols is 1. The molecular formula is C15H12BrIN2O3. The normalized spacial score (nSPS) is 10.1. The second-order valence-corrected chi connectivity index (χ2v) is 6.45. The van der Waals surface area contributed by atoms with Gasteiger partial charge in [-0.15, -0.1) is 0 Å². The Morgan fingerprint density at radius 1 is 1.18 bits per heavy atom. The average Bonchev–Trinajstić information content (AvgIpc) is 2.48. The number of phenolic OH excluding ortho intramolecular Hbond substituents is 1. The van der Waals surface area contributed by atoms with E-state index in [1.165, 1.54) is 6.07 Å². The number of nitrogens with one attached hydrogen (secondary N) is 2. The minimum absolute atomic E-state index is 0.0494. The molecule has 0 aliphatic rings. The number of amides is 2. The van der Waals surface area contributed by atoms with E-state index >= 15 is 0 Å². The van der Waals surface area contributed by atoms with Crippen molar-refractivity contribution >= 4 is 56.0 Å². The van der Waals surface area contributed by atoms with Gasteiger partial charge in [0.25, 0.3) is 5.91 Å². The maximum absolute atomic E-state index is 12.0. The van der Waals surface area contributed by atoms with Gasteiger partial charge in [-0.1, -0.05) is 28.1 Å². The second kappa shape index (κ2) is 7.59. The van der Waals surface area contributed by atoms with Crippen LogP contribution in [0.1, 0.15) is 10.4 Å². The van der Waals surface area contributed by atoms with Crippen LogP contribution in [0.15, 0.2) is 46.9 Å². The Labute approximate surface area is 149 Å². The van der Waals surface area contributed by atoms with E-state index < -0.39 is 5.91 Å². The molecule has 0 bridgehead atoms. The van der Waals surface area contributed by atoms with E-state index in [1.54, 1.807) is 24.3 Å². The summed E-state index contributed by atoms with van der Waals surface area (Å²) in [7, 11) is 0. The lowest BCUT2D eigenvalue weighted by Crippen LogP contribution is -2.33. The van der Waals surface area contributed by atoms with Crippen LogP contribution in [0.25, 0.3) is 0 Å². The Morgan fingerprint density at radius 3 is 2.59 bits per heavy atom. The summed E-state index contributed by atoms with van der Waals surface area (Å²) in [4.78, 5) is 23.8. The Hall–Kier alpha value is -1.61. The van der Waals surface area contributed by atoms with Gasteiger partial charge in [0.1, 0.15) is 5.75 Å². The van der Waals surface area contributed by atoms with E-state index in [9.17, 15) is 14.7 Å². The van der Waals surface area contributed by atoms with Gasteiger partial charge in [0.2, 0.25) is 5.91 Å². The molecule has 114 valence electrons. The topological polar surface area (TPSA) is 78.4 Å². The van der Waals surface area contributed by atoms with Gasteiger partial charge < -0.3 is 15.7 Å². The molecule has 2 aromatic rings. The van der Waals surface area contributed by atoms with Crippen molar-refractivity contribution < 1.29 is 14.7 Å². The van der Waals surface area contributed by atoms with Crippen LogP contribution in [-0.4, -0.2) is 23.5 Å². The quantitative estimate of drug-likeness (QED) is 0.470. The zero-order chi connectivity index (χ0) is 16.1. The van der Waals surface area contributed by atoms with Gasteiger partial charge in [0.15, 0.2) is 0 Å². The summed E-state index contributed by atoms with van der Waals surface area (Å²) >= 11 is 5.27. The molecule has 0 aliphatic carbocycles. The van der Waals surface area contributed by atoms with Crippen molar-refractivity contribution in [2.75, 3.05) is 11.9 Å². The number of carbonyl (C=O) groups excluding carboxylic acids is 2. The van der Waals surface area contributed by atoms with Crippen molar-refractivity contribution in [2.45, 2.75) is 0 Å². The summed E-state index contributed by atoms with van der Waals surface area (Å²) in [6, 6.07) is 11.8. The first-order valence-corrected chi connectivity index (χ1v) is 8.15. The molecule has 0 aliphatic heterocycles. The third-order valence-corrected chi connectivity index (χ3v) is 4.20. The van der Waals surface area contributed by atoms with Gasteiger partial charge in [-0.05, 0) is 52.9 Å². The fourth-order valence-electron chi connectivity index (χ4n) is 1.71. The summed E-state index contributed by atoms with van der Waals surface area (Å²) in [6.07, 6.45) is 0. The second-order valence-electron chi connectivity index (χ2n) is 4.37. The van der Waals surface area contributed by atoms with Crippen molar-refractivity contribution in [1.29, 1.82) is 0 Å². The first kappa shape index (κ1) is 16.8. The van der Waals surface area contributed by atoms with Crippen molar-refractivity contribution in [3.05, 3.63) is 56.1 Å². The molecule has 0 saturated carbocycles. The van der Waals surface area contributed by atoms with Gasteiger partial charge >= 0.3 is 0 Å². The molecule has 2 aromatic carbocycles. The van der Waals surface area contributed by atoms with Crippen LogP contribution in [0.5, 0.6) is 5.75 Å². The standard InChI is InChI=1S/C15H12BrIN2O3/c16-9-5-6-12(13(20)7-9)19-14(21)8-18-15(22)10-3-1-2-4-11(10)17/h1-7,20H,8H2,(H,18,22)(H,19,21). The van der Waals surface area contributed by atoms with Crippen LogP contribution >= 0.6 is 38.5 Å². The van der Waals surface area contributed by atoms with Crippen molar-refractivity contribution in [3.8, 4) is 5.75 Å². The number of anilines is 1. The predicted octanol–water partition coefficient (Wildman–Crippen LogP) is 3.13. The summed E-state index contributed by atoms with van der Waals surface area (Å²) in [5.41, 5.74) is 0.805. The zero-order valence-corrected chi connectivity index (χ0v) is 15.0. The fourth-order valence-corrected chi connectivity index (χ4v) is 2.69. The number of benzene rings is 2. The van der Waals surface area contributed by atoms with Crippen LogP contribution in [0.4, 0.5) is 5.69 Å². The summed E-state index contributed by atoms with van der Waals surface area (Å²) in [6.45, 7) is -0.181. The van der Waals surface area contributed by atoms with E-state index in [1.807, 2.05) is 12.1 Å². The van der Waals surface area contributed by atoms with Crippen LogP contribution in [0, 0.1) is 3.57 Å². The predicted molar refractivity (Wildman–Crippen MR) is 95.9 cm³/mol. The number of carbonyl (C=O) groups is 2. The highest BCUT2D eigenvalue weighted by atomic mass is 127. The van der Waals surface area contributed by atoms with Crippen LogP contribution < -0.4 is 10.6 Å². The molecule has 5 nitrogen and oxygen atoms in total. The van der Waals surface area contributed by atoms with E-state index in [4.69, 9.17) is 0 Å². The lowest BCUT2D eigenvalue weighted by molar-refractivity contribution is -0.115.